The lowest BCUT2D eigenvalue weighted by Gasteiger charge is -2.10. The summed E-state index contributed by atoms with van der Waals surface area (Å²) in [5, 5.41) is 6.59. The van der Waals surface area contributed by atoms with Crippen molar-refractivity contribution in [2.24, 2.45) is 4.99 Å². The van der Waals surface area contributed by atoms with Gasteiger partial charge >= 0.3 is 0 Å². The summed E-state index contributed by atoms with van der Waals surface area (Å²) in [4.78, 5) is 4.55. The van der Waals surface area contributed by atoms with Gasteiger partial charge in [-0.1, -0.05) is 25.5 Å². The second kappa shape index (κ2) is 12.8. The van der Waals surface area contributed by atoms with Crippen molar-refractivity contribution >= 4 is 5.96 Å². The van der Waals surface area contributed by atoms with E-state index in [4.69, 9.17) is 9.47 Å². The average molecular weight is 321 g/mol. The van der Waals surface area contributed by atoms with E-state index in [-0.39, 0.29) is 0 Å². The van der Waals surface area contributed by atoms with Gasteiger partial charge < -0.3 is 20.1 Å². The first-order chi connectivity index (χ1) is 11.3. The molecule has 1 aromatic rings. The molecular formula is C18H31N3O2. The molecule has 0 amide bonds. The highest BCUT2D eigenvalue weighted by Gasteiger charge is 1.97. The van der Waals surface area contributed by atoms with Crippen molar-refractivity contribution < 1.29 is 9.47 Å². The smallest absolute Gasteiger partial charge is 0.191 e. The minimum atomic E-state index is 0.628. The van der Waals surface area contributed by atoms with E-state index in [1.54, 1.807) is 7.11 Å². The summed E-state index contributed by atoms with van der Waals surface area (Å²) >= 11 is 0. The summed E-state index contributed by atoms with van der Waals surface area (Å²) in [5.74, 6) is 1.77. The maximum absolute atomic E-state index is 5.68. The van der Waals surface area contributed by atoms with Crippen LogP contribution >= 0.6 is 0 Å². The van der Waals surface area contributed by atoms with E-state index < -0.39 is 0 Å². The molecule has 0 unspecified atom stereocenters. The fourth-order valence-corrected chi connectivity index (χ4v) is 1.99. The van der Waals surface area contributed by atoms with Crippen LogP contribution in [0.2, 0.25) is 0 Å². The van der Waals surface area contributed by atoms with Crippen molar-refractivity contribution in [3.8, 4) is 5.75 Å². The van der Waals surface area contributed by atoms with Gasteiger partial charge in [-0.15, -0.1) is 0 Å². The zero-order chi connectivity index (χ0) is 16.8. The summed E-state index contributed by atoms with van der Waals surface area (Å²) < 4.78 is 10.8. The highest BCUT2D eigenvalue weighted by molar-refractivity contribution is 5.79. The number of ether oxygens (including phenoxy) is 2. The summed E-state index contributed by atoms with van der Waals surface area (Å²) in [6, 6.07) is 7.96. The molecular weight excluding hydrogens is 290 g/mol. The number of guanidine groups is 1. The fourth-order valence-electron chi connectivity index (χ4n) is 1.99. The third-order valence-corrected chi connectivity index (χ3v) is 3.31. The number of rotatable bonds is 11. The van der Waals surface area contributed by atoms with Crippen LogP contribution in [0.4, 0.5) is 0 Å². The predicted molar refractivity (Wildman–Crippen MR) is 96.2 cm³/mol. The Hall–Kier alpha value is -1.75. The maximum atomic E-state index is 5.68. The lowest BCUT2D eigenvalue weighted by molar-refractivity contribution is 0.120. The van der Waals surface area contributed by atoms with Gasteiger partial charge in [0, 0.05) is 26.2 Å². The SMILES string of the molecule is CCCCNC(=NCCCOCc1ccc(OC)cc1)NCC. The van der Waals surface area contributed by atoms with Crippen molar-refractivity contribution in [3.63, 3.8) is 0 Å². The predicted octanol–water partition coefficient (Wildman–Crippen LogP) is 2.96. The molecule has 1 rings (SSSR count). The van der Waals surface area contributed by atoms with E-state index in [1.165, 1.54) is 6.42 Å². The largest absolute Gasteiger partial charge is 0.497 e. The molecule has 1 aromatic carbocycles. The van der Waals surface area contributed by atoms with E-state index in [2.05, 4.69) is 29.5 Å². The van der Waals surface area contributed by atoms with Crippen LogP contribution in [0.15, 0.2) is 29.3 Å². The second-order valence-electron chi connectivity index (χ2n) is 5.30. The van der Waals surface area contributed by atoms with Crippen LogP contribution in [-0.2, 0) is 11.3 Å². The molecule has 5 heteroatoms. The normalized spacial score (nSPS) is 11.3. The second-order valence-corrected chi connectivity index (χ2v) is 5.30. The fraction of sp³-hybridized carbons (Fsp3) is 0.611. The molecule has 0 aromatic heterocycles. The molecule has 5 nitrogen and oxygen atoms in total. The molecule has 0 heterocycles. The lowest BCUT2D eigenvalue weighted by atomic mass is 10.2. The van der Waals surface area contributed by atoms with Gasteiger partial charge in [-0.2, -0.15) is 0 Å². The molecule has 0 fully saturated rings. The van der Waals surface area contributed by atoms with Crippen molar-refractivity contribution in [2.75, 3.05) is 33.4 Å². The molecule has 130 valence electrons. The van der Waals surface area contributed by atoms with Crippen LogP contribution in [0.1, 0.15) is 38.7 Å². The van der Waals surface area contributed by atoms with Crippen molar-refractivity contribution in [2.45, 2.75) is 39.7 Å². The standard InChI is InChI=1S/C18H31N3O2/c1-4-6-12-20-18(19-5-2)21-13-7-14-23-15-16-8-10-17(22-3)11-9-16/h8-11H,4-7,12-15H2,1-3H3,(H2,19,20,21). The van der Waals surface area contributed by atoms with Gasteiger partial charge in [-0.05, 0) is 37.5 Å². The number of nitrogens with zero attached hydrogens (tertiary/aromatic N) is 1. The van der Waals surface area contributed by atoms with E-state index in [0.717, 1.165) is 49.7 Å². The minimum absolute atomic E-state index is 0.628. The van der Waals surface area contributed by atoms with Crippen molar-refractivity contribution in [1.29, 1.82) is 0 Å². The van der Waals surface area contributed by atoms with Crippen molar-refractivity contribution in [3.05, 3.63) is 29.8 Å². The molecule has 0 saturated carbocycles. The number of nitrogens with one attached hydrogen (secondary N) is 2. The molecule has 23 heavy (non-hydrogen) atoms. The summed E-state index contributed by atoms with van der Waals surface area (Å²) in [6.07, 6.45) is 3.27. The van der Waals surface area contributed by atoms with Gasteiger partial charge in [0.15, 0.2) is 5.96 Å². The molecule has 0 bridgehead atoms. The Morgan fingerprint density at radius 3 is 2.52 bits per heavy atom. The minimum Gasteiger partial charge on any atom is -0.497 e. The van der Waals surface area contributed by atoms with Gasteiger partial charge in [-0.25, -0.2) is 0 Å². The van der Waals surface area contributed by atoms with Gasteiger partial charge in [-0.3, -0.25) is 4.99 Å². The van der Waals surface area contributed by atoms with E-state index in [0.29, 0.717) is 13.2 Å². The van der Waals surface area contributed by atoms with E-state index in [1.807, 2.05) is 24.3 Å². The Bertz CT molecular complexity index is 432. The molecule has 0 radical (unpaired) electrons. The first-order valence-electron chi connectivity index (χ1n) is 8.53. The highest BCUT2D eigenvalue weighted by Crippen LogP contribution is 2.11. The number of benzene rings is 1. The molecule has 0 atom stereocenters. The van der Waals surface area contributed by atoms with Gasteiger partial charge in [0.1, 0.15) is 5.75 Å². The quantitative estimate of drug-likeness (QED) is 0.374. The molecule has 0 aliphatic rings. The first kappa shape index (κ1) is 19.3. The monoisotopic (exact) mass is 321 g/mol. The third-order valence-electron chi connectivity index (χ3n) is 3.31. The zero-order valence-corrected chi connectivity index (χ0v) is 14.7. The first-order valence-corrected chi connectivity index (χ1v) is 8.53. The Morgan fingerprint density at radius 2 is 1.87 bits per heavy atom. The van der Waals surface area contributed by atoms with E-state index in [9.17, 15) is 0 Å². The molecule has 0 saturated heterocycles. The zero-order valence-electron chi connectivity index (χ0n) is 14.7. The topological polar surface area (TPSA) is 54.9 Å². The Morgan fingerprint density at radius 1 is 1.09 bits per heavy atom. The summed E-state index contributed by atoms with van der Waals surface area (Å²) in [5.41, 5.74) is 1.16. The molecule has 0 aliphatic heterocycles. The van der Waals surface area contributed by atoms with Gasteiger partial charge in [0.25, 0.3) is 0 Å². The maximum Gasteiger partial charge on any atom is 0.191 e. The van der Waals surface area contributed by atoms with E-state index >= 15 is 0 Å². The van der Waals surface area contributed by atoms with Crippen LogP contribution in [0, 0.1) is 0 Å². The highest BCUT2D eigenvalue weighted by atomic mass is 16.5. The van der Waals surface area contributed by atoms with Crippen LogP contribution in [0.5, 0.6) is 5.75 Å². The third kappa shape index (κ3) is 9.08. The number of hydrogen-bond acceptors (Lipinski definition) is 3. The van der Waals surface area contributed by atoms with Crippen LogP contribution in [0.25, 0.3) is 0 Å². The molecule has 0 spiro atoms. The average Bonchev–Trinajstić information content (AvgIpc) is 2.58. The number of methoxy groups -OCH3 is 1. The van der Waals surface area contributed by atoms with Crippen LogP contribution in [-0.4, -0.2) is 39.3 Å². The molecule has 0 aliphatic carbocycles. The van der Waals surface area contributed by atoms with Crippen LogP contribution < -0.4 is 15.4 Å². The lowest BCUT2D eigenvalue weighted by Crippen LogP contribution is -2.37. The Kier molecular flexibility index (Phi) is 10.7. The Labute approximate surface area is 140 Å². The Balaban J connectivity index is 2.17. The van der Waals surface area contributed by atoms with Gasteiger partial charge in [0.05, 0.1) is 13.7 Å². The number of aliphatic imine (C=N–C) groups is 1. The number of unbranched alkanes of at least 4 members (excludes halogenated alkanes) is 1. The van der Waals surface area contributed by atoms with Gasteiger partial charge in [0.2, 0.25) is 0 Å². The summed E-state index contributed by atoms with van der Waals surface area (Å²) in [6.45, 7) is 8.22. The number of hydrogen-bond donors (Lipinski definition) is 2. The summed E-state index contributed by atoms with van der Waals surface area (Å²) in [7, 11) is 1.67. The van der Waals surface area contributed by atoms with Crippen LogP contribution in [0.3, 0.4) is 0 Å². The van der Waals surface area contributed by atoms with Crippen molar-refractivity contribution in [1.82, 2.24) is 10.6 Å². The molecule has 2 N–H and O–H groups in total.